The maximum Gasteiger partial charge on any atom is 0.303 e. The Morgan fingerprint density at radius 3 is 2.41 bits per heavy atom. The summed E-state index contributed by atoms with van der Waals surface area (Å²) in [5.41, 5.74) is 0. The van der Waals surface area contributed by atoms with Crippen LogP contribution >= 0.6 is 0 Å². The lowest BCUT2D eigenvalue weighted by atomic mass is 10.0. The highest BCUT2D eigenvalue weighted by Gasteiger charge is 2.53. The van der Waals surface area contributed by atoms with Gasteiger partial charge in [0.15, 0.2) is 18.2 Å². The molecule has 0 aromatic rings. The standard InChI is InChI=1S/C14H23NO7/c1-7(16)15-10-12(20-8(2)17)11(21-13(10)18-5)9-6-19-14(3,4)22-9/h9-13H,6H2,1-5H3,(H,15,16). The molecule has 5 unspecified atom stereocenters. The molecule has 126 valence electrons. The second-order valence-corrected chi connectivity index (χ2v) is 5.87. The highest BCUT2D eigenvalue weighted by molar-refractivity contribution is 5.73. The van der Waals surface area contributed by atoms with Gasteiger partial charge in [-0.15, -0.1) is 0 Å². The number of esters is 1. The van der Waals surface area contributed by atoms with Crippen LogP contribution in [0, 0.1) is 0 Å². The van der Waals surface area contributed by atoms with Gasteiger partial charge in [-0.25, -0.2) is 0 Å². The summed E-state index contributed by atoms with van der Waals surface area (Å²) in [4.78, 5) is 22.8. The van der Waals surface area contributed by atoms with Gasteiger partial charge in [0.05, 0.1) is 6.61 Å². The zero-order valence-electron chi connectivity index (χ0n) is 13.5. The topological polar surface area (TPSA) is 92.3 Å². The maximum atomic E-state index is 11.4. The van der Waals surface area contributed by atoms with Crippen LogP contribution in [0.15, 0.2) is 0 Å². The first-order valence-electron chi connectivity index (χ1n) is 7.18. The molecule has 2 saturated heterocycles. The van der Waals surface area contributed by atoms with Gasteiger partial charge in [0.2, 0.25) is 5.91 Å². The van der Waals surface area contributed by atoms with E-state index in [1.54, 1.807) is 13.8 Å². The predicted octanol–water partition coefficient (Wildman–Crippen LogP) is -0.0544. The van der Waals surface area contributed by atoms with Crippen LogP contribution in [0.1, 0.15) is 27.7 Å². The minimum Gasteiger partial charge on any atom is -0.457 e. The monoisotopic (exact) mass is 317 g/mol. The van der Waals surface area contributed by atoms with Crippen molar-refractivity contribution < 1.29 is 33.3 Å². The van der Waals surface area contributed by atoms with Crippen LogP contribution in [-0.2, 0) is 33.3 Å². The van der Waals surface area contributed by atoms with Gasteiger partial charge in [0.1, 0.15) is 18.2 Å². The van der Waals surface area contributed by atoms with Crippen molar-refractivity contribution in [3.05, 3.63) is 0 Å². The average molecular weight is 317 g/mol. The van der Waals surface area contributed by atoms with Gasteiger partial charge >= 0.3 is 5.97 Å². The summed E-state index contributed by atoms with van der Waals surface area (Å²) >= 11 is 0. The molecular weight excluding hydrogens is 294 g/mol. The predicted molar refractivity (Wildman–Crippen MR) is 73.7 cm³/mol. The fourth-order valence-corrected chi connectivity index (χ4v) is 2.77. The first kappa shape index (κ1) is 17.1. The van der Waals surface area contributed by atoms with Gasteiger partial charge < -0.3 is 29.0 Å². The Bertz CT molecular complexity index is 439. The summed E-state index contributed by atoms with van der Waals surface area (Å²) in [5, 5.41) is 2.71. The van der Waals surface area contributed by atoms with E-state index >= 15 is 0 Å². The molecule has 0 aliphatic carbocycles. The van der Waals surface area contributed by atoms with Crippen molar-refractivity contribution in [3.8, 4) is 0 Å². The van der Waals surface area contributed by atoms with Crippen LogP contribution in [0.3, 0.4) is 0 Å². The number of hydrogen-bond acceptors (Lipinski definition) is 7. The summed E-state index contributed by atoms with van der Waals surface area (Å²) in [5.74, 6) is -1.47. The molecule has 1 N–H and O–H groups in total. The quantitative estimate of drug-likeness (QED) is 0.726. The third kappa shape index (κ3) is 3.75. The molecule has 0 aromatic carbocycles. The fraction of sp³-hybridized carbons (Fsp3) is 0.857. The average Bonchev–Trinajstić information content (AvgIpc) is 2.90. The van der Waals surface area contributed by atoms with Crippen molar-refractivity contribution in [3.63, 3.8) is 0 Å². The number of carbonyl (C=O) groups is 2. The molecule has 0 radical (unpaired) electrons. The molecule has 0 spiro atoms. The SMILES string of the molecule is COC1OC(C2COC(C)(C)O2)C(OC(C)=O)C1NC(C)=O. The summed E-state index contributed by atoms with van der Waals surface area (Å²) in [6, 6.07) is -0.608. The molecule has 1 amide bonds. The minimum absolute atomic E-state index is 0.266. The number of hydrogen-bond donors (Lipinski definition) is 1. The summed E-state index contributed by atoms with van der Waals surface area (Å²) in [6.45, 7) is 6.57. The molecular formula is C14H23NO7. The smallest absolute Gasteiger partial charge is 0.303 e. The summed E-state index contributed by atoms with van der Waals surface area (Å²) in [6.07, 6.45) is -2.46. The highest BCUT2D eigenvalue weighted by Crippen LogP contribution is 2.33. The Labute approximate surface area is 129 Å². The lowest BCUT2D eigenvalue weighted by molar-refractivity contribution is -0.184. The van der Waals surface area contributed by atoms with Crippen molar-refractivity contribution in [1.29, 1.82) is 0 Å². The Kier molecular flexibility index (Phi) is 5.06. The van der Waals surface area contributed by atoms with Crippen LogP contribution < -0.4 is 5.32 Å². The largest absolute Gasteiger partial charge is 0.457 e. The van der Waals surface area contributed by atoms with Gasteiger partial charge in [0.25, 0.3) is 0 Å². The van der Waals surface area contributed by atoms with Crippen LogP contribution in [0.5, 0.6) is 0 Å². The van der Waals surface area contributed by atoms with Gasteiger partial charge in [-0.2, -0.15) is 0 Å². The molecule has 0 aromatic heterocycles. The second-order valence-electron chi connectivity index (χ2n) is 5.87. The number of nitrogens with one attached hydrogen (secondary N) is 1. The normalized spacial score (nSPS) is 37.0. The van der Waals surface area contributed by atoms with Crippen molar-refractivity contribution >= 4 is 11.9 Å². The number of methoxy groups -OCH3 is 1. The zero-order chi connectivity index (χ0) is 16.5. The number of rotatable bonds is 4. The van der Waals surface area contributed by atoms with E-state index in [1.165, 1.54) is 21.0 Å². The molecule has 22 heavy (non-hydrogen) atoms. The van der Waals surface area contributed by atoms with E-state index in [2.05, 4.69) is 5.32 Å². The van der Waals surface area contributed by atoms with Gasteiger partial charge in [-0.05, 0) is 13.8 Å². The molecule has 2 aliphatic heterocycles. The van der Waals surface area contributed by atoms with Crippen molar-refractivity contribution in [2.24, 2.45) is 0 Å². The van der Waals surface area contributed by atoms with E-state index in [1.807, 2.05) is 0 Å². The van der Waals surface area contributed by atoms with E-state index in [0.29, 0.717) is 6.61 Å². The van der Waals surface area contributed by atoms with E-state index in [9.17, 15) is 9.59 Å². The Hall–Kier alpha value is -1.22. The Morgan fingerprint density at radius 2 is 1.95 bits per heavy atom. The number of carbonyl (C=O) groups excluding carboxylic acids is 2. The van der Waals surface area contributed by atoms with Gasteiger partial charge in [-0.1, -0.05) is 0 Å². The molecule has 8 nitrogen and oxygen atoms in total. The van der Waals surface area contributed by atoms with Crippen LogP contribution in [0.4, 0.5) is 0 Å². The van der Waals surface area contributed by atoms with Crippen LogP contribution in [0.2, 0.25) is 0 Å². The van der Waals surface area contributed by atoms with E-state index in [-0.39, 0.29) is 5.91 Å². The number of ether oxygens (including phenoxy) is 5. The highest BCUT2D eigenvalue weighted by atomic mass is 16.8. The first-order chi connectivity index (χ1) is 10.2. The Morgan fingerprint density at radius 1 is 1.27 bits per heavy atom. The van der Waals surface area contributed by atoms with Gasteiger partial charge in [-0.3, -0.25) is 9.59 Å². The van der Waals surface area contributed by atoms with Crippen molar-refractivity contribution in [2.45, 2.75) is 64.1 Å². The molecule has 2 fully saturated rings. The van der Waals surface area contributed by atoms with Gasteiger partial charge in [0, 0.05) is 21.0 Å². The van der Waals surface area contributed by atoms with Crippen molar-refractivity contribution in [1.82, 2.24) is 5.32 Å². The third-order valence-corrected chi connectivity index (χ3v) is 3.56. The van der Waals surface area contributed by atoms with E-state index in [4.69, 9.17) is 23.7 Å². The molecule has 2 aliphatic rings. The van der Waals surface area contributed by atoms with Crippen LogP contribution in [0.25, 0.3) is 0 Å². The molecule has 8 heteroatoms. The summed E-state index contributed by atoms with van der Waals surface area (Å²) < 4.78 is 27.7. The maximum absolute atomic E-state index is 11.4. The number of amides is 1. The fourth-order valence-electron chi connectivity index (χ4n) is 2.77. The van der Waals surface area contributed by atoms with E-state index < -0.39 is 42.4 Å². The third-order valence-electron chi connectivity index (χ3n) is 3.56. The molecule has 0 saturated carbocycles. The minimum atomic E-state index is -0.733. The molecule has 5 atom stereocenters. The Balaban J connectivity index is 2.19. The molecule has 2 heterocycles. The lowest BCUT2D eigenvalue weighted by Gasteiger charge is -2.26. The molecule has 0 bridgehead atoms. The zero-order valence-corrected chi connectivity index (χ0v) is 13.5. The van der Waals surface area contributed by atoms with Crippen molar-refractivity contribution in [2.75, 3.05) is 13.7 Å². The summed E-state index contributed by atoms with van der Waals surface area (Å²) in [7, 11) is 1.46. The van der Waals surface area contributed by atoms with E-state index in [0.717, 1.165) is 0 Å². The first-order valence-corrected chi connectivity index (χ1v) is 7.18. The second kappa shape index (κ2) is 6.49. The lowest BCUT2D eigenvalue weighted by Crippen LogP contribution is -2.51. The van der Waals surface area contributed by atoms with Crippen LogP contribution in [-0.4, -0.2) is 62.0 Å². The molecule has 2 rings (SSSR count).